The highest BCUT2D eigenvalue weighted by molar-refractivity contribution is 5.59. The molecule has 0 fully saturated rings. The summed E-state index contributed by atoms with van der Waals surface area (Å²) in [4.78, 5) is 9.74. The Morgan fingerprint density at radius 2 is 0.931 bits per heavy atom. The van der Waals surface area contributed by atoms with Gasteiger partial charge >= 0.3 is 0 Å². The Morgan fingerprint density at radius 3 is 1.34 bits per heavy atom. The first-order valence-corrected chi connectivity index (χ1v) is 10.0. The van der Waals surface area contributed by atoms with E-state index in [1.54, 1.807) is 0 Å². The van der Waals surface area contributed by atoms with Crippen molar-refractivity contribution < 1.29 is 0 Å². The predicted molar refractivity (Wildman–Crippen MR) is 119 cm³/mol. The topological polar surface area (TPSA) is 37.8 Å². The van der Waals surface area contributed by atoms with Crippen molar-refractivity contribution in [3.8, 4) is 22.5 Å². The summed E-state index contributed by atoms with van der Waals surface area (Å²) in [7, 11) is 0. The Kier molecular flexibility index (Phi) is 5.78. The van der Waals surface area contributed by atoms with Gasteiger partial charge in [-0.3, -0.25) is 9.97 Å². The third kappa shape index (κ3) is 4.58. The van der Waals surface area contributed by atoms with Crippen LogP contribution in [0.5, 0.6) is 0 Å². The van der Waals surface area contributed by atoms with Crippen LogP contribution in [-0.4, -0.2) is 9.97 Å². The lowest BCUT2D eigenvalue weighted by Crippen LogP contribution is -2.24. The van der Waals surface area contributed by atoms with E-state index in [-0.39, 0.29) is 12.1 Å². The van der Waals surface area contributed by atoms with Gasteiger partial charge in [-0.25, -0.2) is 0 Å². The van der Waals surface area contributed by atoms with Crippen molar-refractivity contribution in [3.05, 3.63) is 108 Å². The molecule has 0 aliphatic heterocycles. The first kappa shape index (κ1) is 19.0. The molecule has 29 heavy (non-hydrogen) atoms. The molecule has 0 amide bonds. The highest BCUT2D eigenvalue weighted by Gasteiger charge is 2.14. The van der Waals surface area contributed by atoms with Gasteiger partial charge in [0.1, 0.15) is 0 Å². The zero-order valence-electron chi connectivity index (χ0n) is 16.8. The number of benzene rings is 2. The molecule has 3 heteroatoms. The summed E-state index contributed by atoms with van der Waals surface area (Å²) in [5.74, 6) is 0. The second-order valence-electron chi connectivity index (χ2n) is 7.24. The Bertz CT molecular complexity index is 974. The summed E-state index contributed by atoms with van der Waals surface area (Å²) in [5, 5.41) is 3.64. The van der Waals surface area contributed by atoms with Gasteiger partial charge in [-0.05, 0) is 38.1 Å². The third-order valence-electron chi connectivity index (χ3n) is 5.07. The molecule has 1 N–H and O–H groups in total. The third-order valence-corrected chi connectivity index (χ3v) is 5.07. The van der Waals surface area contributed by atoms with Crippen LogP contribution in [0.2, 0.25) is 0 Å². The molecule has 0 saturated carbocycles. The number of nitrogens with one attached hydrogen (secondary N) is 1. The molecule has 0 aliphatic carbocycles. The number of hydrogen-bond acceptors (Lipinski definition) is 3. The minimum atomic E-state index is 0.107. The van der Waals surface area contributed by atoms with Gasteiger partial charge in [0.05, 0.1) is 22.8 Å². The molecule has 3 nitrogen and oxygen atoms in total. The molecule has 2 aromatic heterocycles. The van der Waals surface area contributed by atoms with Crippen LogP contribution in [0.1, 0.15) is 37.3 Å². The van der Waals surface area contributed by atoms with Gasteiger partial charge in [0.15, 0.2) is 0 Å². The maximum absolute atomic E-state index is 4.87. The molecule has 2 atom stereocenters. The smallest absolute Gasteiger partial charge is 0.0706 e. The standard InChI is InChI=1S/C26H25N3/c1-19(23-15-9-17-25(28-23)21-11-5-3-6-12-21)27-20(2)24-16-10-18-26(29-24)22-13-7-4-8-14-22/h3-20,27H,1-2H3/t19-,20-/m0/s1. The molecular formula is C26H25N3. The molecule has 0 aliphatic rings. The van der Waals surface area contributed by atoms with Crippen LogP contribution < -0.4 is 5.32 Å². The van der Waals surface area contributed by atoms with Crippen molar-refractivity contribution in [2.75, 3.05) is 0 Å². The van der Waals surface area contributed by atoms with Crippen LogP contribution in [0.3, 0.4) is 0 Å². The van der Waals surface area contributed by atoms with Crippen LogP contribution in [-0.2, 0) is 0 Å². The van der Waals surface area contributed by atoms with Crippen LogP contribution in [0, 0.1) is 0 Å². The maximum atomic E-state index is 4.87. The number of hydrogen-bond donors (Lipinski definition) is 1. The van der Waals surface area contributed by atoms with E-state index in [2.05, 4.69) is 79.8 Å². The van der Waals surface area contributed by atoms with E-state index in [4.69, 9.17) is 9.97 Å². The molecule has 2 aromatic carbocycles. The number of aromatic nitrogens is 2. The summed E-state index contributed by atoms with van der Waals surface area (Å²) in [6.45, 7) is 4.29. The van der Waals surface area contributed by atoms with Gasteiger partial charge in [-0.1, -0.05) is 72.8 Å². The van der Waals surface area contributed by atoms with Crippen LogP contribution in [0.25, 0.3) is 22.5 Å². The summed E-state index contributed by atoms with van der Waals surface area (Å²) in [6, 6.07) is 33.2. The molecule has 4 rings (SSSR count). The molecule has 144 valence electrons. The number of pyridine rings is 2. The Balaban J connectivity index is 1.51. The fraction of sp³-hybridized carbons (Fsp3) is 0.154. The number of nitrogens with zero attached hydrogens (tertiary/aromatic N) is 2. The van der Waals surface area contributed by atoms with Gasteiger partial charge in [0, 0.05) is 23.2 Å². The second-order valence-corrected chi connectivity index (χ2v) is 7.24. The minimum Gasteiger partial charge on any atom is -0.301 e. The van der Waals surface area contributed by atoms with E-state index in [0.717, 1.165) is 33.9 Å². The van der Waals surface area contributed by atoms with Gasteiger partial charge < -0.3 is 5.32 Å². The van der Waals surface area contributed by atoms with Crippen molar-refractivity contribution in [3.63, 3.8) is 0 Å². The molecule has 2 heterocycles. The van der Waals surface area contributed by atoms with Crippen molar-refractivity contribution in [1.29, 1.82) is 0 Å². The predicted octanol–water partition coefficient (Wildman–Crippen LogP) is 6.22. The highest BCUT2D eigenvalue weighted by Crippen LogP contribution is 2.23. The molecule has 0 spiro atoms. The lowest BCUT2D eigenvalue weighted by molar-refractivity contribution is 0.479. The van der Waals surface area contributed by atoms with E-state index in [9.17, 15) is 0 Å². The first-order valence-electron chi connectivity index (χ1n) is 10.0. The molecule has 0 unspecified atom stereocenters. The first-order chi connectivity index (χ1) is 14.2. The van der Waals surface area contributed by atoms with Crippen molar-refractivity contribution >= 4 is 0 Å². The van der Waals surface area contributed by atoms with Crippen LogP contribution in [0.4, 0.5) is 0 Å². The number of rotatable bonds is 6. The molecule has 0 radical (unpaired) electrons. The average Bonchev–Trinajstić information content (AvgIpc) is 2.80. The van der Waals surface area contributed by atoms with Crippen LogP contribution >= 0.6 is 0 Å². The SMILES string of the molecule is C[C@H](N[C@@H](C)c1cccc(-c2ccccc2)n1)c1cccc(-c2ccccc2)n1. The average molecular weight is 380 g/mol. The van der Waals surface area contributed by atoms with Crippen LogP contribution in [0.15, 0.2) is 97.1 Å². The summed E-state index contributed by atoms with van der Waals surface area (Å²) >= 11 is 0. The van der Waals surface area contributed by atoms with Gasteiger partial charge in [0.2, 0.25) is 0 Å². The highest BCUT2D eigenvalue weighted by atomic mass is 15.0. The van der Waals surface area contributed by atoms with E-state index < -0.39 is 0 Å². The summed E-state index contributed by atoms with van der Waals surface area (Å²) in [5.41, 5.74) is 6.30. The van der Waals surface area contributed by atoms with Gasteiger partial charge in [0.25, 0.3) is 0 Å². The minimum absolute atomic E-state index is 0.107. The Morgan fingerprint density at radius 1 is 0.517 bits per heavy atom. The maximum Gasteiger partial charge on any atom is 0.0706 e. The molecule has 0 bridgehead atoms. The van der Waals surface area contributed by atoms with E-state index in [1.807, 2.05) is 36.4 Å². The van der Waals surface area contributed by atoms with E-state index >= 15 is 0 Å². The normalized spacial score (nSPS) is 13.0. The monoisotopic (exact) mass is 379 g/mol. The quantitative estimate of drug-likeness (QED) is 0.432. The van der Waals surface area contributed by atoms with Gasteiger partial charge in [-0.2, -0.15) is 0 Å². The molecular weight excluding hydrogens is 354 g/mol. The Hall–Kier alpha value is -3.30. The lowest BCUT2D eigenvalue weighted by Gasteiger charge is -2.20. The fourth-order valence-electron chi connectivity index (χ4n) is 3.47. The fourth-order valence-corrected chi connectivity index (χ4v) is 3.47. The van der Waals surface area contributed by atoms with Crippen molar-refractivity contribution in [2.24, 2.45) is 0 Å². The van der Waals surface area contributed by atoms with E-state index in [0.29, 0.717) is 0 Å². The van der Waals surface area contributed by atoms with Crippen molar-refractivity contribution in [1.82, 2.24) is 15.3 Å². The Labute approximate surface area is 172 Å². The van der Waals surface area contributed by atoms with Gasteiger partial charge in [-0.15, -0.1) is 0 Å². The summed E-state index contributed by atoms with van der Waals surface area (Å²) < 4.78 is 0. The molecule has 4 aromatic rings. The summed E-state index contributed by atoms with van der Waals surface area (Å²) in [6.07, 6.45) is 0. The lowest BCUT2D eigenvalue weighted by atomic mass is 10.1. The second kappa shape index (κ2) is 8.80. The zero-order valence-corrected chi connectivity index (χ0v) is 16.8. The van der Waals surface area contributed by atoms with E-state index in [1.165, 1.54) is 0 Å². The van der Waals surface area contributed by atoms with Crippen molar-refractivity contribution in [2.45, 2.75) is 25.9 Å². The largest absolute Gasteiger partial charge is 0.301 e. The molecule has 0 saturated heterocycles. The zero-order chi connectivity index (χ0) is 20.1.